The van der Waals surface area contributed by atoms with E-state index in [4.69, 9.17) is 21.1 Å². The lowest BCUT2D eigenvalue weighted by molar-refractivity contribution is 0.101. The van der Waals surface area contributed by atoms with Crippen LogP contribution in [-0.2, 0) is 4.74 Å². The summed E-state index contributed by atoms with van der Waals surface area (Å²) >= 11 is 6.45. The number of halogens is 1. The second-order valence-electron chi connectivity index (χ2n) is 6.76. The number of ether oxygens (including phenoxy) is 2. The number of hydrogen-bond acceptors (Lipinski definition) is 4. The van der Waals surface area contributed by atoms with Crippen molar-refractivity contribution in [2.75, 3.05) is 31.0 Å². The molecule has 5 nitrogen and oxygen atoms in total. The highest BCUT2D eigenvalue weighted by molar-refractivity contribution is 6.33. The summed E-state index contributed by atoms with van der Waals surface area (Å²) in [6.45, 7) is 2.88. The van der Waals surface area contributed by atoms with E-state index in [-0.39, 0.29) is 11.9 Å². The Labute approximate surface area is 182 Å². The van der Waals surface area contributed by atoms with Crippen LogP contribution in [0.5, 0.6) is 5.75 Å². The lowest BCUT2D eigenvalue weighted by Crippen LogP contribution is -2.15. The minimum Gasteiger partial charge on any atom is -0.490 e. The number of carbonyl (C=O) groups is 1. The van der Waals surface area contributed by atoms with Crippen LogP contribution >= 0.6 is 11.6 Å². The van der Waals surface area contributed by atoms with Gasteiger partial charge in [0.2, 0.25) is 0 Å². The van der Waals surface area contributed by atoms with Gasteiger partial charge in [0.15, 0.2) is 0 Å². The number of anilines is 2. The van der Waals surface area contributed by atoms with Crippen molar-refractivity contribution in [3.8, 4) is 5.75 Å². The third-order valence-electron chi connectivity index (χ3n) is 4.58. The van der Waals surface area contributed by atoms with Crippen LogP contribution < -0.4 is 15.4 Å². The number of hydrogen-bond donors (Lipinski definition) is 2. The van der Waals surface area contributed by atoms with E-state index in [1.807, 2.05) is 36.4 Å². The normalized spacial score (nSPS) is 11.6. The molecule has 0 fully saturated rings. The van der Waals surface area contributed by atoms with Crippen LogP contribution in [0, 0.1) is 0 Å². The number of carbonyl (C=O) groups excluding carboxylic acids is 1. The van der Waals surface area contributed by atoms with Crippen LogP contribution in [0.1, 0.15) is 28.9 Å². The van der Waals surface area contributed by atoms with Gasteiger partial charge in [-0.05, 0) is 42.8 Å². The zero-order valence-corrected chi connectivity index (χ0v) is 17.8. The first-order valence-corrected chi connectivity index (χ1v) is 10.1. The van der Waals surface area contributed by atoms with E-state index in [0.717, 1.165) is 11.3 Å². The van der Waals surface area contributed by atoms with E-state index in [9.17, 15) is 4.79 Å². The van der Waals surface area contributed by atoms with Gasteiger partial charge in [0.1, 0.15) is 12.4 Å². The monoisotopic (exact) mass is 424 g/mol. The molecule has 3 rings (SSSR count). The van der Waals surface area contributed by atoms with Crippen LogP contribution in [0.25, 0.3) is 0 Å². The Morgan fingerprint density at radius 2 is 1.73 bits per heavy atom. The first kappa shape index (κ1) is 21.7. The van der Waals surface area contributed by atoms with E-state index in [0.29, 0.717) is 35.2 Å². The van der Waals surface area contributed by atoms with Crippen LogP contribution in [0.4, 0.5) is 11.4 Å². The van der Waals surface area contributed by atoms with E-state index in [2.05, 4.69) is 29.7 Å². The summed E-state index contributed by atoms with van der Waals surface area (Å²) in [5, 5.41) is 6.81. The molecule has 0 saturated carbocycles. The van der Waals surface area contributed by atoms with Gasteiger partial charge in [-0.3, -0.25) is 4.79 Å². The molecule has 6 heteroatoms. The number of nitrogens with one attached hydrogen (secondary N) is 2. The molecule has 1 unspecified atom stereocenters. The molecule has 0 spiro atoms. The van der Waals surface area contributed by atoms with Crippen LogP contribution in [0.3, 0.4) is 0 Å². The summed E-state index contributed by atoms with van der Waals surface area (Å²) in [6, 6.07) is 22.7. The summed E-state index contributed by atoms with van der Waals surface area (Å²) in [7, 11) is 1.60. The summed E-state index contributed by atoms with van der Waals surface area (Å²) in [5.41, 5.74) is 3.02. The Kier molecular flexibility index (Phi) is 7.71. The lowest BCUT2D eigenvalue weighted by atomic mass is 10.1. The van der Waals surface area contributed by atoms with Gasteiger partial charge in [-0.15, -0.1) is 0 Å². The minimum absolute atomic E-state index is 0.0975. The molecule has 3 aromatic carbocycles. The average Bonchev–Trinajstić information content (AvgIpc) is 2.76. The molecule has 1 atom stereocenters. The number of benzene rings is 3. The molecular weight excluding hydrogens is 400 g/mol. The molecule has 1 amide bonds. The number of methoxy groups -OCH3 is 1. The highest BCUT2D eigenvalue weighted by atomic mass is 35.5. The molecule has 3 aromatic rings. The number of rotatable bonds is 9. The predicted molar refractivity (Wildman–Crippen MR) is 122 cm³/mol. The smallest absolute Gasteiger partial charge is 0.259 e. The predicted octanol–water partition coefficient (Wildman–Crippen LogP) is 5.79. The first-order chi connectivity index (χ1) is 14.6. The van der Waals surface area contributed by atoms with E-state index < -0.39 is 0 Å². The number of para-hydroxylation sites is 1. The zero-order chi connectivity index (χ0) is 21.3. The van der Waals surface area contributed by atoms with Gasteiger partial charge in [0, 0.05) is 18.8 Å². The molecule has 0 aliphatic rings. The Balaban J connectivity index is 1.68. The maximum atomic E-state index is 12.7. The largest absolute Gasteiger partial charge is 0.490 e. The van der Waals surface area contributed by atoms with Crippen molar-refractivity contribution in [3.05, 3.63) is 88.9 Å². The van der Waals surface area contributed by atoms with Gasteiger partial charge in [-0.2, -0.15) is 0 Å². The van der Waals surface area contributed by atoms with Crippen molar-refractivity contribution in [1.82, 2.24) is 0 Å². The van der Waals surface area contributed by atoms with Gasteiger partial charge in [-0.1, -0.05) is 54.1 Å². The van der Waals surface area contributed by atoms with Gasteiger partial charge in [0.05, 0.1) is 22.9 Å². The molecule has 0 radical (unpaired) electrons. The van der Waals surface area contributed by atoms with Crippen molar-refractivity contribution in [1.29, 1.82) is 0 Å². The highest BCUT2D eigenvalue weighted by Crippen LogP contribution is 2.29. The molecule has 156 valence electrons. The van der Waals surface area contributed by atoms with Gasteiger partial charge < -0.3 is 20.1 Å². The van der Waals surface area contributed by atoms with Crippen LogP contribution in [-0.4, -0.2) is 26.2 Å². The first-order valence-electron chi connectivity index (χ1n) is 9.71. The standard InChI is InChI=1S/C24H25ClN2O3/c1-17(18-8-4-3-5-9-18)26-22-13-12-19(16-21(22)25)27-24(28)20-10-6-7-11-23(20)30-15-14-29-2/h3-13,16-17,26H,14-15H2,1-2H3,(H,27,28). The second kappa shape index (κ2) is 10.7. The zero-order valence-electron chi connectivity index (χ0n) is 17.0. The summed E-state index contributed by atoms with van der Waals surface area (Å²) in [6.07, 6.45) is 0. The van der Waals surface area contributed by atoms with Crippen molar-refractivity contribution in [2.24, 2.45) is 0 Å². The average molecular weight is 425 g/mol. The lowest BCUT2D eigenvalue weighted by Gasteiger charge is -2.17. The fourth-order valence-electron chi connectivity index (χ4n) is 2.98. The molecular formula is C24H25ClN2O3. The molecule has 0 bridgehead atoms. The van der Waals surface area contributed by atoms with Crippen molar-refractivity contribution in [3.63, 3.8) is 0 Å². The molecule has 0 saturated heterocycles. The quantitative estimate of drug-likeness (QED) is 0.427. The third kappa shape index (κ3) is 5.75. The van der Waals surface area contributed by atoms with Crippen molar-refractivity contribution in [2.45, 2.75) is 13.0 Å². The van der Waals surface area contributed by atoms with E-state index in [1.54, 1.807) is 31.4 Å². The van der Waals surface area contributed by atoms with Crippen molar-refractivity contribution >= 4 is 28.9 Å². The van der Waals surface area contributed by atoms with E-state index in [1.165, 1.54) is 0 Å². The van der Waals surface area contributed by atoms with Gasteiger partial charge in [-0.25, -0.2) is 0 Å². The number of amides is 1. The SMILES string of the molecule is COCCOc1ccccc1C(=O)Nc1ccc(NC(C)c2ccccc2)c(Cl)c1. The molecule has 0 aliphatic carbocycles. The second-order valence-corrected chi connectivity index (χ2v) is 7.17. The third-order valence-corrected chi connectivity index (χ3v) is 4.89. The summed E-state index contributed by atoms with van der Waals surface area (Å²) in [5.74, 6) is 0.241. The maximum absolute atomic E-state index is 12.7. The van der Waals surface area contributed by atoms with Crippen LogP contribution in [0.15, 0.2) is 72.8 Å². The van der Waals surface area contributed by atoms with Crippen LogP contribution in [0.2, 0.25) is 5.02 Å². The molecule has 30 heavy (non-hydrogen) atoms. The molecule has 0 aliphatic heterocycles. The highest BCUT2D eigenvalue weighted by Gasteiger charge is 2.14. The Bertz CT molecular complexity index is 979. The summed E-state index contributed by atoms with van der Waals surface area (Å²) < 4.78 is 10.6. The maximum Gasteiger partial charge on any atom is 0.259 e. The Morgan fingerprint density at radius 1 is 1.00 bits per heavy atom. The van der Waals surface area contributed by atoms with Crippen molar-refractivity contribution < 1.29 is 14.3 Å². The van der Waals surface area contributed by atoms with E-state index >= 15 is 0 Å². The topological polar surface area (TPSA) is 59.6 Å². The Hall–Kier alpha value is -3.02. The molecule has 2 N–H and O–H groups in total. The summed E-state index contributed by atoms with van der Waals surface area (Å²) in [4.78, 5) is 12.7. The molecule has 0 aromatic heterocycles. The van der Waals surface area contributed by atoms with Gasteiger partial charge in [0.25, 0.3) is 5.91 Å². The van der Waals surface area contributed by atoms with Gasteiger partial charge >= 0.3 is 0 Å². The minimum atomic E-state index is -0.266. The Morgan fingerprint density at radius 3 is 2.47 bits per heavy atom. The fourth-order valence-corrected chi connectivity index (χ4v) is 3.22. The fraction of sp³-hybridized carbons (Fsp3) is 0.208. The molecule has 0 heterocycles.